The van der Waals surface area contributed by atoms with E-state index in [1.165, 1.54) is 36.4 Å². The van der Waals surface area contributed by atoms with Crippen LogP contribution in [0.25, 0.3) is 0 Å². The highest BCUT2D eigenvalue weighted by Gasteiger charge is 2.36. The number of ether oxygens (including phenoxy) is 3. The summed E-state index contributed by atoms with van der Waals surface area (Å²) in [6.45, 7) is 2.09. The van der Waals surface area contributed by atoms with E-state index in [0.717, 1.165) is 9.80 Å². The van der Waals surface area contributed by atoms with Crippen LogP contribution in [0.15, 0.2) is 36.4 Å². The summed E-state index contributed by atoms with van der Waals surface area (Å²) in [5.74, 6) is -4.29. The van der Waals surface area contributed by atoms with E-state index in [1.54, 1.807) is 0 Å². The Balaban J connectivity index is 1.02. The van der Waals surface area contributed by atoms with E-state index in [2.05, 4.69) is 0 Å². The minimum absolute atomic E-state index is 0.0548. The van der Waals surface area contributed by atoms with Gasteiger partial charge in [-0.15, -0.1) is 0 Å². The molecule has 0 aromatic heterocycles. The molecule has 2 aromatic carbocycles. The third kappa shape index (κ3) is 6.65. The van der Waals surface area contributed by atoms with Crippen molar-refractivity contribution in [3.63, 3.8) is 0 Å². The first-order valence-corrected chi connectivity index (χ1v) is 12.9. The monoisotopic (exact) mass is 568 g/mol. The fourth-order valence-electron chi connectivity index (χ4n) is 4.45. The van der Waals surface area contributed by atoms with Crippen LogP contribution >= 0.6 is 0 Å². The highest BCUT2D eigenvalue weighted by atomic mass is 16.5. The Hall–Kier alpha value is -4.46. The van der Waals surface area contributed by atoms with Crippen LogP contribution in [0.2, 0.25) is 0 Å². The number of fused-ring (bicyclic) bond motifs is 2. The molecule has 0 fully saturated rings. The lowest BCUT2D eigenvalue weighted by Crippen LogP contribution is -2.31. The zero-order chi connectivity index (χ0) is 29.5. The molecular formula is C28H28N2O11. The number of amides is 4. The molecule has 0 aliphatic carbocycles. The Morgan fingerprint density at radius 1 is 0.537 bits per heavy atom. The second-order valence-corrected chi connectivity index (χ2v) is 9.20. The maximum Gasteiger partial charge on any atom is 0.335 e. The van der Waals surface area contributed by atoms with E-state index < -0.39 is 35.6 Å². The molecule has 4 rings (SSSR count). The average molecular weight is 569 g/mol. The van der Waals surface area contributed by atoms with Gasteiger partial charge in [0.2, 0.25) is 0 Å². The third-order valence-electron chi connectivity index (χ3n) is 6.52. The van der Waals surface area contributed by atoms with E-state index in [0.29, 0.717) is 52.5 Å². The molecule has 41 heavy (non-hydrogen) atoms. The lowest BCUT2D eigenvalue weighted by Gasteiger charge is -2.14. The predicted octanol–water partition coefficient (Wildman–Crippen LogP) is 1.81. The number of benzene rings is 2. The van der Waals surface area contributed by atoms with Crippen LogP contribution in [0.1, 0.15) is 75.0 Å². The first-order chi connectivity index (χ1) is 19.7. The molecule has 13 nitrogen and oxygen atoms in total. The number of carboxylic acid groups (broad SMARTS) is 2. The fourth-order valence-corrected chi connectivity index (χ4v) is 4.45. The summed E-state index contributed by atoms with van der Waals surface area (Å²) >= 11 is 0. The van der Waals surface area contributed by atoms with Gasteiger partial charge in [-0.25, -0.2) is 9.59 Å². The number of hydrogen-bond acceptors (Lipinski definition) is 9. The van der Waals surface area contributed by atoms with Gasteiger partial charge in [-0.2, -0.15) is 0 Å². The number of carboxylic acids is 2. The van der Waals surface area contributed by atoms with Gasteiger partial charge in [0, 0.05) is 26.3 Å². The summed E-state index contributed by atoms with van der Waals surface area (Å²) in [6.07, 6.45) is 0.822. The Labute approximate surface area is 234 Å². The van der Waals surface area contributed by atoms with E-state index in [-0.39, 0.29) is 46.5 Å². The number of imide groups is 2. The molecule has 13 heteroatoms. The molecule has 0 atom stereocenters. The molecule has 0 spiro atoms. The van der Waals surface area contributed by atoms with Crippen LogP contribution in [0.5, 0.6) is 0 Å². The molecule has 216 valence electrons. The van der Waals surface area contributed by atoms with Gasteiger partial charge in [0.15, 0.2) is 0 Å². The SMILES string of the molecule is O=C(O)c1ccc2c(c1)C(=O)N(CCCOCCOCCOCCCN1C(=O)c3ccc(C(=O)O)cc3C1=O)C2=O. The second kappa shape index (κ2) is 13.3. The van der Waals surface area contributed by atoms with Crippen molar-refractivity contribution in [1.29, 1.82) is 0 Å². The largest absolute Gasteiger partial charge is 0.478 e. The maximum atomic E-state index is 12.5. The third-order valence-corrected chi connectivity index (χ3v) is 6.52. The second-order valence-electron chi connectivity index (χ2n) is 9.20. The molecule has 4 amide bonds. The van der Waals surface area contributed by atoms with Crippen LogP contribution in [0.4, 0.5) is 0 Å². The normalized spacial score (nSPS) is 14.1. The first-order valence-electron chi connectivity index (χ1n) is 12.9. The van der Waals surface area contributed by atoms with Gasteiger partial charge in [0.25, 0.3) is 23.6 Å². The number of nitrogens with zero attached hydrogens (tertiary/aromatic N) is 2. The van der Waals surface area contributed by atoms with Crippen molar-refractivity contribution in [2.45, 2.75) is 12.8 Å². The molecule has 2 aromatic rings. The average Bonchev–Trinajstić information content (AvgIpc) is 3.34. The molecule has 0 bridgehead atoms. The topological polar surface area (TPSA) is 177 Å². The number of carbonyl (C=O) groups excluding carboxylic acids is 4. The minimum Gasteiger partial charge on any atom is -0.478 e. The van der Waals surface area contributed by atoms with Crippen molar-refractivity contribution >= 4 is 35.6 Å². The van der Waals surface area contributed by atoms with E-state index in [1.807, 2.05) is 0 Å². The van der Waals surface area contributed by atoms with Crippen molar-refractivity contribution in [3.05, 3.63) is 69.8 Å². The van der Waals surface area contributed by atoms with Crippen LogP contribution in [0.3, 0.4) is 0 Å². The molecule has 2 aliphatic rings. The van der Waals surface area contributed by atoms with Crippen molar-refractivity contribution in [2.75, 3.05) is 52.7 Å². The van der Waals surface area contributed by atoms with Crippen LogP contribution in [-0.2, 0) is 14.2 Å². The molecule has 0 saturated heterocycles. The maximum absolute atomic E-state index is 12.5. The summed E-state index contributed by atoms with van der Waals surface area (Å²) < 4.78 is 16.4. The number of carbonyl (C=O) groups is 6. The van der Waals surface area contributed by atoms with Crippen LogP contribution < -0.4 is 0 Å². The number of rotatable bonds is 16. The summed E-state index contributed by atoms with van der Waals surface area (Å²) in [5, 5.41) is 18.2. The van der Waals surface area contributed by atoms with Gasteiger partial charge in [-0.1, -0.05) is 0 Å². The lowest BCUT2D eigenvalue weighted by molar-refractivity contribution is 0.0120. The van der Waals surface area contributed by atoms with Gasteiger partial charge < -0.3 is 24.4 Å². The minimum atomic E-state index is -1.17. The summed E-state index contributed by atoms with van der Waals surface area (Å²) in [7, 11) is 0. The van der Waals surface area contributed by atoms with Crippen molar-refractivity contribution in [1.82, 2.24) is 9.80 Å². The molecule has 0 saturated carbocycles. The quantitative estimate of drug-likeness (QED) is 0.223. The van der Waals surface area contributed by atoms with Gasteiger partial charge >= 0.3 is 11.9 Å². The van der Waals surface area contributed by atoms with Gasteiger partial charge in [0.05, 0.1) is 59.8 Å². The van der Waals surface area contributed by atoms with E-state index >= 15 is 0 Å². The molecule has 0 unspecified atom stereocenters. The van der Waals surface area contributed by atoms with Crippen LogP contribution in [-0.4, -0.2) is 108 Å². The highest BCUT2D eigenvalue weighted by Crippen LogP contribution is 2.25. The Morgan fingerprint density at radius 2 is 0.878 bits per heavy atom. The summed E-state index contributed by atoms with van der Waals surface area (Å²) in [5.41, 5.74) is 0.450. The van der Waals surface area contributed by atoms with E-state index in [4.69, 9.17) is 24.4 Å². The van der Waals surface area contributed by atoms with Crippen molar-refractivity contribution in [3.8, 4) is 0 Å². The van der Waals surface area contributed by atoms with Crippen molar-refractivity contribution in [2.24, 2.45) is 0 Å². The molecule has 2 aliphatic heterocycles. The number of aromatic carboxylic acids is 2. The molecule has 2 N–H and O–H groups in total. The zero-order valence-electron chi connectivity index (χ0n) is 22.0. The standard InChI is InChI=1S/C28H28N2O11/c31-23-19-5-3-17(27(35)36)15-21(19)25(33)29(23)7-1-9-39-11-13-41-14-12-40-10-2-8-30-24(32)20-6-4-18(28(37)38)16-22(20)26(30)34/h3-6,15-16H,1-2,7-14H2,(H,35,36)(H,37,38). The fraction of sp³-hybridized carbons (Fsp3) is 0.357. The molecule has 0 radical (unpaired) electrons. The highest BCUT2D eigenvalue weighted by molar-refractivity contribution is 6.22. The van der Waals surface area contributed by atoms with Gasteiger partial charge in [-0.3, -0.25) is 29.0 Å². The first kappa shape index (κ1) is 29.5. The Morgan fingerprint density at radius 3 is 1.24 bits per heavy atom. The van der Waals surface area contributed by atoms with Gasteiger partial charge in [-0.05, 0) is 49.2 Å². The molecular weight excluding hydrogens is 540 g/mol. The Kier molecular flexibility index (Phi) is 9.55. The van der Waals surface area contributed by atoms with Crippen molar-refractivity contribution < 1.29 is 53.2 Å². The van der Waals surface area contributed by atoms with Gasteiger partial charge in [0.1, 0.15) is 0 Å². The lowest BCUT2D eigenvalue weighted by atomic mass is 10.1. The summed E-state index contributed by atoms with van der Waals surface area (Å²) in [6, 6.07) is 7.72. The number of hydrogen-bond donors (Lipinski definition) is 2. The summed E-state index contributed by atoms with van der Waals surface area (Å²) in [4.78, 5) is 74.2. The van der Waals surface area contributed by atoms with Crippen LogP contribution in [0, 0.1) is 0 Å². The smallest absolute Gasteiger partial charge is 0.335 e. The zero-order valence-corrected chi connectivity index (χ0v) is 22.0. The predicted molar refractivity (Wildman–Crippen MR) is 139 cm³/mol. The molecule has 2 heterocycles. The Bertz CT molecular complexity index is 1280. The van der Waals surface area contributed by atoms with E-state index in [9.17, 15) is 28.8 Å².